The van der Waals surface area contributed by atoms with Gasteiger partial charge in [0, 0.05) is 17.8 Å². The molecule has 0 fully saturated rings. The molecule has 132 valence electrons. The van der Waals surface area contributed by atoms with Gasteiger partial charge in [-0.3, -0.25) is 5.10 Å². The largest absolute Gasteiger partial charge is 0.340 e. The normalized spacial score (nSPS) is 10.5. The number of aryl methyl sites for hydroxylation is 1. The quantitative estimate of drug-likeness (QED) is 0.477. The number of hydrogen-bond donors (Lipinski definition) is 3. The number of rotatable bonds is 6. The Morgan fingerprint density at radius 1 is 0.963 bits per heavy atom. The maximum absolute atomic E-state index is 8.78. The van der Waals surface area contributed by atoms with Crippen LogP contribution >= 0.6 is 0 Å². The van der Waals surface area contributed by atoms with Gasteiger partial charge in [0.25, 0.3) is 0 Å². The Balaban J connectivity index is 1.66. The molecular weight excluding hydrogens is 338 g/mol. The summed E-state index contributed by atoms with van der Waals surface area (Å²) in [7, 11) is 0. The Labute approximate surface area is 156 Å². The molecule has 7 nitrogen and oxygen atoms in total. The van der Waals surface area contributed by atoms with Crippen molar-refractivity contribution < 1.29 is 0 Å². The molecule has 7 heteroatoms. The van der Waals surface area contributed by atoms with E-state index in [1.54, 1.807) is 0 Å². The molecule has 0 aliphatic carbocycles. The summed E-state index contributed by atoms with van der Waals surface area (Å²) in [5, 5.41) is 23.5. The average molecular weight is 355 g/mol. The van der Waals surface area contributed by atoms with E-state index >= 15 is 0 Å². The zero-order chi connectivity index (χ0) is 18.5. The van der Waals surface area contributed by atoms with E-state index in [4.69, 9.17) is 5.26 Å². The average Bonchev–Trinajstić information content (AvgIpc) is 3.11. The van der Waals surface area contributed by atoms with Crippen LogP contribution in [-0.4, -0.2) is 20.2 Å². The first kappa shape index (κ1) is 16.5. The molecule has 0 bridgehead atoms. The molecule has 2 heterocycles. The predicted molar refractivity (Wildman–Crippen MR) is 105 cm³/mol. The molecule has 2 aromatic carbocycles. The molecule has 0 atom stereocenters. The van der Waals surface area contributed by atoms with Gasteiger partial charge in [-0.1, -0.05) is 30.3 Å². The molecular formula is C20H17N7. The van der Waals surface area contributed by atoms with Crippen molar-refractivity contribution in [3.63, 3.8) is 0 Å². The number of nitrogens with one attached hydrogen (secondary N) is 3. The van der Waals surface area contributed by atoms with Crippen molar-refractivity contribution in [2.45, 2.75) is 12.8 Å². The first-order chi connectivity index (χ1) is 13.3. The molecule has 2 aromatic heterocycles. The fourth-order valence-electron chi connectivity index (χ4n) is 2.85. The van der Waals surface area contributed by atoms with Crippen LogP contribution in [0.1, 0.15) is 12.0 Å². The summed E-state index contributed by atoms with van der Waals surface area (Å²) in [5.74, 6) is 1.38. The zero-order valence-corrected chi connectivity index (χ0v) is 14.5. The van der Waals surface area contributed by atoms with Gasteiger partial charge < -0.3 is 10.6 Å². The minimum atomic E-state index is 0.494. The van der Waals surface area contributed by atoms with Crippen LogP contribution in [-0.2, 0) is 6.42 Å². The molecule has 0 spiro atoms. The maximum Gasteiger partial charge on any atom is 0.188 e. The van der Waals surface area contributed by atoms with Gasteiger partial charge in [0.05, 0.1) is 6.07 Å². The Hall–Kier alpha value is -3.92. The fourth-order valence-corrected chi connectivity index (χ4v) is 2.85. The van der Waals surface area contributed by atoms with Gasteiger partial charge >= 0.3 is 0 Å². The van der Waals surface area contributed by atoms with E-state index in [0.717, 1.165) is 34.6 Å². The first-order valence-corrected chi connectivity index (χ1v) is 8.57. The molecule has 0 aliphatic rings. The minimum Gasteiger partial charge on any atom is -0.340 e. The lowest BCUT2D eigenvalue weighted by molar-refractivity contribution is 1.01. The van der Waals surface area contributed by atoms with Crippen molar-refractivity contribution >= 4 is 34.0 Å². The SMILES string of the molecule is N#CCCc1cccc(Nc2ncnc3n[nH]c(Nc4ccccc4)c23)c1. The second-order valence-corrected chi connectivity index (χ2v) is 5.99. The standard InChI is InChI=1S/C20H17N7/c21-11-5-7-14-6-4-10-16(12-14)25-18-17-19(23-13-22-18)26-27-20(17)24-15-8-2-1-3-9-15/h1-4,6,8-10,12-13H,5,7H2,(H3,22,23,24,25,26,27). The van der Waals surface area contributed by atoms with Gasteiger partial charge in [0.15, 0.2) is 5.65 Å². The topological polar surface area (TPSA) is 102 Å². The summed E-state index contributed by atoms with van der Waals surface area (Å²) in [6, 6.07) is 20.0. The van der Waals surface area contributed by atoms with Crippen LogP contribution in [0, 0.1) is 11.3 Å². The van der Waals surface area contributed by atoms with Crippen molar-refractivity contribution in [2.75, 3.05) is 10.6 Å². The molecule has 0 radical (unpaired) electrons. The maximum atomic E-state index is 8.78. The lowest BCUT2D eigenvalue weighted by atomic mass is 10.1. The highest BCUT2D eigenvalue weighted by Gasteiger charge is 2.13. The van der Waals surface area contributed by atoms with Gasteiger partial charge in [-0.25, -0.2) is 9.97 Å². The molecule has 27 heavy (non-hydrogen) atoms. The Kier molecular flexibility index (Phi) is 4.62. The van der Waals surface area contributed by atoms with Crippen LogP contribution in [0.2, 0.25) is 0 Å². The smallest absolute Gasteiger partial charge is 0.188 e. The third kappa shape index (κ3) is 3.70. The van der Waals surface area contributed by atoms with E-state index in [0.29, 0.717) is 17.9 Å². The number of fused-ring (bicyclic) bond motifs is 1. The summed E-state index contributed by atoms with van der Waals surface area (Å²) in [4.78, 5) is 8.63. The van der Waals surface area contributed by atoms with Crippen LogP contribution < -0.4 is 10.6 Å². The van der Waals surface area contributed by atoms with Gasteiger partial charge in [-0.2, -0.15) is 10.4 Å². The molecule has 0 amide bonds. The number of nitriles is 1. The fraction of sp³-hybridized carbons (Fsp3) is 0.100. The van der Waals surface area contributed by atoms with Crippen LogP contribution in [0.3, 0.4) is 0 Å². The van der Waals surface area contributed by atoms with Gasteiger partial charge in [0.1, 0.15) is 23.3 Å². The van der Waals surface area contributed by atoms with Crippen LogP contribution in [0.15, 0.2) is 60.9 Å². The number of aromatic amines is 1. The number of H-pyrrole nitrogens is 1. The zero-order valence-electron chi connectivity index (χ0n) is 14.5. The highest BCUT2D eigenvalue weighted by Crippen LogP contribution is 2.30. The summed E-state index contributed by atoms with van der Waals surface area (Å²) in [6.07, 6.45) is 2.70. The molecule has 0 aliphatic heterocycles. The number of hydrogen-bond acceptors (Lipinski definition) is 6. The number of nitrogens with zero attached hydrogens (tertiary/aromatic N) is 4. The Morgan fingerprint density at radius 2 is 1.81 bits per heavy atom. The Morgan fingerprint density at radius 3 is 2.67 bits per heavy atom. The second-order valence-electron chi connectivity index (χ2n) is 5.99. The van der Waals surface area contributed by atoms with Crippen molar-refractivity contribution in [3.05, 3.63) is 66.5 Å². The first-order valence-electron chi connectivity index (χ1n) is 8.57. The summed E-state index contributed by atoms with van der Waals surface area (Å²) in [6.45, 7) is 0. The van der Waals surface area contributed by atoms with Crippen LogP contribution in [0.25, 0.3) is 11.0 Å². The second kappa shape index (κ2) is 7.54. The van der Waals surface area contributed by atoms with Crippen LogP contribution in [0.5, 0.6) is 0 Å². The third-order valence-electron chi connectivity index (χ3n) is 4.11. The van der Waals surface area contributed by atoms with Crippen LogP contribution in [0.4, 0.5) is 23.0 Å². The number of para-hydroxylation sites is 1. The monoisotopic (exact) mass is 355 g/mol. The minimum absolute atomic E-state index is 0.494. The summed E-state index contributed by atoms with van der Waals surface area (Å²) >= 11 is 0. The molecule has 0 saturated heterocycles. The third-order valence-corrected chi connectivity index (χ3v) is 4.11. The predicted octanol–water partition coefficient (Wildman–Crippen LogP) is 4.30. The molecule has 3 N–H and O–H groups in total. The number of aromatic nitrogens is 4. The van der Waals surface area contributed by atoms with E-state index in [9.17, 15) is 0 Å². The van der Waals surface area contributed by atoms with Gasteiger partial charge in [-0.05, 0) is 36.2 Å². The van der Waals surface area contributed by atoms with Crippen molar-refractivity contribution in [3.8, 4) is 6.07 Å². The number of benzene rings is 2. The van der Waals surface area contributed by atoms with Crippen molar-refractivity contribution in [1.82, 2.24) is 20.2 Å². The lowest BCUT2D eigenvalue weighted by Gasteiger charge is -2.10. The molecule has 0 unspecified atom stereocenters. The lowest BCUT2D eigenvalue weighted by Crippen LogP contribution is -1.98. The van der Waals surface area contributed by atoms with E-state index in [2.05, 4.69) is 36.9 Å². The van der Waals surface area contributed by atoms with Gasteiger partial charge in [0.2, 0.25) is 0 Å². The van der Waals surface area contributed by atoms with Crippen molar-refractivity contribution in [1.29, 1.82) is 5.26 Å². The van der Waals surface area contributed by atoms with E-state index < -0.39 is 0 Å². The van der Waals surface area contributed by atoms with E-state index in [1.807, 2.05) is 54.6 Å². The highest BCUT2D eigenvalue weighted by atomic mass is 15.2. The summed E-state index contributed by atoms with van der Waals surface area (Å²) in [5.41, 5.74) is 3.52. The molecule has 0 saturated carbocycles. The summed E-state index contributed by atoms with van der Waals surface area (Å²) < 4.78 is 0. The molecule has 4 aromatic rings. The van der Waals surface area contributed by atoms with E-state index in [1.165, 1.54) is 6.33 Å². The van der Waals surface area contributed by atoms with Gasteiger partial charge in [-0.15, -0.1) is 0 Å². The van der Waals surface area contributed by atoms with Crippen molar-refractivity contribution in [2.24, 2.45) is 0 Å². The Bertz CT molecular complexity index is 1100. The number of anilines is 4. The highest BCUT2D eigenvalue weighted by molar-refractivity contribution is 5.98. The molecule has 4 rings (SSSR count). The van der Waals surface area contributed by atoms with E-state index in [-0.39, 0.29) is 0 Å².